The molecule has 2 fully saturated rings. The Balaban J connectivity index is 1.55. The van der Waals surface area contributed by atoms with E-state index in [1.807, 2.05) is 43.0 Å². The van der Waals surface area contributed by atoms with E-state index in [1.54, 1.807) is 4.68 Å². The van der Waals surface area contributed by atoms with Crippen LogP contribution in [-0.4, -0.2) is 56.9 Å². The molecule has 1 unspecified atom stereocenters. The number of amides is 2. The quantitative estimate of drug-likeness (QED) is 0.845. The fourth-order valence-electron chi connectivity index (χ4n) is 3.48. The van der Waals surface area contributed by atoms with Crippen molar-refractivity contribution in [3.63, 3.8) is 0 Å². The van der Waals surface area contributed by atoms with Crippen molar-refractivity contribution < 1.29 is 9.53 Å². The first-order chi connectivity index (χ1) is 13.1. The number of benzene rings is 1. The molecule has 2 heterocycles. The van der Waals surface area contributed by atoms with Crippen LogP contribution in [0, 0.1) is 5.92 Å². The first-order valence-corrected chi connectivity index (χ1v) is 9.66. The highest BCUT2D eigenvalue weighted by atomic mass is 16.5. The van der Waals surface area contributed by atoms with Gasteiger partial charge in [0.1, 0.15) is 0 Å². The van der Waals surface area contributed by atoms with Crippen LogP contribution in [0.5, 0.6) is 0 Å². The van der Waals surface area contributed by atoms with Gasteiger partial charge < -0.3 is 15.0 Å². The Morgan fingerprint density at radius 2 is 2.15 bits per heavy atom. The highest BCUT2D eigenvalue weighted by Crippen LogP contribution is 2.31. The molecule has 0 radical (unpaired) electrons. The lowest BCUT2D eigenvalue weighted by Gasteiger charge is -2.26. The molecular weight excluding hydrogens is 344 g/mol. The highest BCUT2D eigenvalue weighted by Gasteiger charge is 2.35. The van der Waals surface area contributed by atoms with Gasteiger partial charge in [-0.15, -0.1) is 5.10 Å². The lowest BCUT2D eigenvalue weighted by molar-refractivity contribution is 0.167. The molecular formula is C19H26N6O2. The monoisotopic (exact) mass is 370 g/mol. The predicted octanol–water partition coefficient (Wildman–Crippen LogP) is 2.95. The fourth-order valence-corrected chi connectivity index (χ4v) is 3.48. The number of nitrogens with zero attached hydrogens (tertiary/aromatic N) is 5. The predicted molar refractivity (Wildman–Crippen MR) is 101 cm³/mol. The first-order valence-electron chi connectivity index (χ1n) is 9.66. The Bertz CT molecular complexity index is 795. The molecule has 1 atom stereocenters. The van der Waals surface area contributed by atoms with Gasteiger partial charge in [-0.2, -0.15) is 0 Å². The lowest BCUT2D eigenvalue weighted by atomic mass is 10.1. The summed E-state index contributed by atoms with van der Waals surface area (Å²) in [5, 5.41) is 15.1. The van der Waals surface area contributed by atoms with Crippen molar-refractivity contribution in [3.05, 3.63) is 24.3 Å². The third-order valence-electron chi connectivity index (χ3n) is 5.12. The summed E-state index contributed by atoms with van der Waals surface area (Å²) in [5.41, 5.74) is 1.55. The summed E-state index contributed by atoms with van der Waals surface area (Å²) in [7, 11) is 0. The molecule has 1 aliphatic heterocycles. The maximum absolute atomic E-state index is 13.0. The van der Waals surface area contributed by atoms with E-state index in [0.717, 1.165) is 50.3 Å². The number of rotatable bonds is 6. The maximum Gasteiger partial charge on any atom is 0.322 e. The highest BCUT2D eigenvalue weighted by molar-refractivity contribution is 5.94. The third kappa shape index (κ3) is 3.95. The van der Waals surface area contributed by atoms with E-state index in [0.29, 0.717) is 17.8 Å². The van der Waals surface area contributed by atoms with Crippen molar-refractivity contribution in [3.8, 4) is 11.4 Å². The minimum atomic E-state index is -0.0552. The molecule has 1 saturated carbocycles. The smallest absolute Gasteiger partial charge is 0.322 e. The number of urea groups is 1. The summed E-state index contributed by atoms with van der Waals surface area (Å²) in [5.74, 6) is 1.09. The van der Waals surface area contributed by atoms with E-state index >= 15 is 0 Å². The van der Waals surface area contributed by atoms with Crippen LogP contribution in [0.1, 0.15) is 39.2 Å². The van der Waals surface area contributed by atoms with Crippen LogP contribution >= 0.6 is 0 Å². The zero-order valence-electron chi connectivity index (χ0n) is 15.8. The fraction of sp³-hybridized carbons (Fsp3) is 0.579. The van der Waals surface area contributed by atoms with E-state index in [1.165, 1.54) is 0 Å². The molecule has 2 aromatic rings. The summed E-state index contributed by atoms with van der Waals surface area (Å²) in [6.45, 7) is 6.35. The van der Waals surface area contributed by atoms with Gasteiger partial charge in [-0.1, -0.05) is 12.1 Å². The average Bonchev–Trinajstić information content (AvgIpc) is 3.16. The normalized spacial score (nSPS) is 19.4. The summed E-state index contributed by atoms with van der Waals surface area (Å²) < 4.78 is 7.24. The van der Waals surface area contributed by atoms with Crippen LogP contribution in [0.4, 0.5) is 10.5 Å². The van der Waals surface area contributed by atoms with Crippen LogP contribution in [0.2, 0.25) is 0 Å². The van der Waals surface area contributed by atoms with Crippen LogP contribution < -0.4 is 5.32 Å². The molecule has 144 valence electrons. The molecule has 1 N–H and O–H groups in total. The SMILES string of the molecule is CC(C)n1nnnc1-c1ccccc1NC(=O)N(CC1CCOC1)C1CC1. The van der Waals surface area contributed by atoms with Gasteiger partial charge in [0.05, 0.1) is 18.3 Å². The van der Waals surface area contributed by atoms with E-state index in [2.05, 4.69) is 20.8 Å². The van der Waals surface area contributed by atoms with Crippen molar-refractivity contribution in [2.24, 2.45) is 5.92 Å². The van der Waals surface area contributed by atoms with Crippen molar-refractivity contribution >= 4 is 11.7 Å². The van der Waals surface area contributed by atoms with E-state index in [-0.39, 0.29) is 12.1 Å². The van der Waals surface area contributed by atoms with E-state index in [4.69, 9.17) is 4.74 Å². The second-order valence-corrected chi connectivity index (χ2v) is 7.63. The molecule has 8 nitrogen and oxygen atoms in total. The molecule has 4 rings (SSSR count). The Labute approximate surface area is 158 Å². The number of anilines is 1. The van der Waals surface area contributed by atoms with Gasteiger partial charge >= 0.3 is 6.03 Å². The van der Waals surface area contributed by atoms with E-state index < -0.39 is 0 Å². The first kappa shape index (κ1) is 17.9. The molecule has 27 heavy (non-hydrogen) atoms. The minimum absolute atomic E-state index is 0.0552. The molecule has 8 heteroatoms. The lowest BCUT2D eigenvalue weighted by Crippen LogP contribution is -2.40. The molecule has 1 saturated heterocycles. The van der Waals surface area contributed by atoms with Crippen molar-refractivity contribution in [2.75, 3.05) is 25.1 Å². The van der Waals surface area contributed by atoms with Crippen molar-refractivity contribution in [1.82, 2.24) is 25.1 Å². The zero-order valence-corrected chi connectivity index (χ0v) is 15.8. The number of nitrogens with one attached hydrogen (secondary N) is 1. The number of para-hydroxylation sites is 1. The molecule has 2 amide bonds. The van der Waals surface area contributed by atoms with Gasteiger partial charge in [-0.3, -0.25) is 0 Å². The average molecular weight is 370 g/mol. The summed E-state index contributed by atoms with van der Waals surface area (Å²) in [4.78, 5) is 15.0. The second kappa shape index (κ2) is 7.64. The summed E-state index contributed by atoms with van der Waals surface area (Å²) >= 11 is 0. The summed E-state index contributed by atoms with van der Waals surface area (Å²) in [6.07, 6.45) is 3.18. The summed E-state index contributed by atoms with van der Waals surface area (Å²) in [6, 6.07) is 8.10. The number of hydrogen-bond acceptors (Lipinski definition) is 5. The van der Waals surface area contributed by atoms with Gasteiger partial charge in [0.15, 0.2) is 5.82 Å². The van der Waals surface area contributed by atoms with Crippen LogP contribution in [0.3, 0.4) is 0 Å². The van der Waals surface area contributed by atoms with Crippen LogP contribution in [0.25, 0.3) is 11.4 Å². The van der Waals surface area contributed by atoms with Crippen LogP contribution in [0.15, 0.2) is 24.3 Å². The molecule has 1 aromatic heterocycles. The Kier molecular flexibility index (Phi) is 5.07. The molecule has 0 bridgehead atoms. The second-order valence-electron chi connectivity index (χ2n) is 7.63. The number of tetrazole rings is 1. The topological polar surface area (TPSA) is 85.2 Å². The number of aromatic nitrogens is 4. The largest absolute Gasteiger partial charge is 0.381 e. The Hall–Kier alpha value is -2.48. The number of carbonyl (C=O) groups excluding carboxylic acids is 1. The van der Waals surface area contributed by atoms with Gasteiger partial charge in [-0.25, -0.2) is 9.48 Å². The standard InChI is InChI=1S/C19H26N6O2/c1-13(2)25-18(21-22-23-25)16-5-3-4-6-17(16)20-19(26)24(15-7-8-15)11-14-9-10-27-12-14/h3-6,13-15H,7-12H2,1-2H3,(H,20,26). The molecule has 2 aliphatic rings. The molecule has 0 spiro atoms. The van der Waals surface area contributed by atoms with Gasteiger partial charge in [0.25, 0.3) is 0 Å². The maximum atomic E-state index is 13.0. The number of carbonyl (C=O) groups is 1. The number of ether oxygens (including phenoxy) is 1. The van der Waals surface area contributed by atoms with Crippen molar-refractivity contribution in [1.29, 1.82) is 0 Å². The van der Waals surface area contributed by atoms with Crippen molar-refractivity contribution in [2.45, 2.75) is 45.2 Å². The van der Waals surface area contributed by atoms with Gasteiger partial charge in [0.2, 0.25) is 0 Å². The van der Waals surface area contributed by atoms with Gasteiger partial charge in [-0.05, 0) is 55.7 Å². The Morgan fingerprint density at radius 1 is 1.33 bits per heavy atom. The Morgan fingerprint density at radius 3 is 2.85 bits per heavy atom. The minimum Gasteiger partial charge on any atom is -0.381 e. The van der Waals surface area contributed by atoms with E-state index in [9.17, 15) is 4.79 Å². The molecule has 1 aromatic carbocycles. The van der Waals surface area contributed by atoms with Crippen LogP contribution in [-0.2, 0) is 4.74 Å². The third-order valence-corrected chi connectivity index (χ3v) is 5.12. The zero-order chi connectivity index (χ0) is 18.8. The van der Waals surface area contributed by atoms with Gasteiger partial charge in [0, 0.05) is 30.7 Å². The molecule has 1 aliphatic carbocycles. The number of hydrogen-bond donors (Lipinski definition) is 1.